The maximum Gasteiger partial charge on any atom is 0.291 e. The Balaban J connectivity index is 1.58. The molecular formula is C21H27N3O3. The molecule has 0 saturated heterocycles. The first-order chi connectivity index (χ1) is 13.0. The molecule has 1 fully saturated rings. The first-order valence-electron chi connectivity index (χ1n) is 9.41. The number of amides is 2. The largest absolute Gasteiger partial charge is 0.459 e. The Labute approximate surface area is 159 Å². The lowest BCUT2D eigenvalue weighted by Crippen LogP contribution is -2.53. The van der Waals surface area contributed by atoms with E-state index in [9.17, 15) is 9.59 Å². The molecule has 2 aromatic rings. The van der Waals surface area contributed by atoms with Crippen molar-refractivity contribution in [3.8, 4) is 0 Å². The molecule has 0 aliphatic heterocycles. The van der Waals surface area contributed by atoms with Crippen LogP contribution in [-0.2, 0) is 0 Å². The van der Waals surface area contributed by atoms with Gasteiger partial charge in [-0.2, -0.15) is 0 Å². The second-order valence-electron chi connectivity index (χ2n) is 7.37. The summed E-state index contributed by atoms with van der Waals surface area (Å²) >= 11 is 0. The van der Waals surface area contributed by atoms with Crippen molar-refractivity contribution in [2.24, 2.45) is 0 Å². The highest BCUT2D eigenvalue weighted by Crippen LogP contribution is 2.31. The van der Waals surface area contributed by atoms with Crippen LogP contribution in [-0.4, -0.2) is 42.9 Å². The van der Waals surface area contributed by atoms with Gasteiger partial charge in [0.2, 0.25) is 0 Å². The van der Waals surface area contributed by atoms with E-state index in [1.54, 1.807) is 36.4 Å². The van der Waals surface area contributed by atoms with Crippen LogP contribution in [0, 0.1) is 0 Å². The van der Waals surface area contributed by atoms with Crippen molar-refractivity contribution in [2.45, 2.75) is 37.6 Å². The zero-order valence-electron chi connectivity index (χ0n) is 16.0. The van der Waals surface area contributed by atoms with E-state index in [1.807, 2.05) is 0 Å². The van der Waals surface area contributed by atoms with E-state index in [1.165, 1.54) is 25.5 Å². The number of hydrogen-bond donors (Lipinski definition) is 2. The van der Waals surface area contributed by atoms with Gasteiger partial charge in [0, 0.05) is 23.3 Å². The van der Waals surface area contributed by atoms with Crippen molar-refractivity contribution >= 4 is 17.5 Å². The molecule has 1 heterocycles. The Morgan fingerprint density at radius 1 is 1.04 bits per heavy atom. The Hall–Kier alpha value is -2.60. The average molecular weight is 369 g/mol. The van der Waals surface area contributed by atoms with E-state index in [0.717, 1.165) is 12.8 Å². The van der Waals surface area contributed by atoms with Crippen LogP contribution in [0.3, 0.4) is 0 Å². The molecule has 3 rings (SSSR count). The number of likely N-dealkylation sites (N-methyl/N-ethyl adjacent to an activating group) is 1. The van der Waals surface area contributed by atoms with Gasteiger partial charge < -0.3 is 20.0 Å². The van der Waals surface area contributed by atoms with E-state index in [0.29, 0.717) is 17.8 Å². The number of benzene rings is 1. The molecule has 0 bridgehead atoms. The summed E-state index contributed by atoms with van der Waals surface area (Å²) in [6, 6.07) is 10.1. The molecule has 1 aromatic heterocycles. The maximum atomic E-state index is 12.5. The number of furan rings is 1. The fraction of sp³-hybridized carbons (Fsp3) is 0.429. The number of anilines is 1. The summed E-state index contributed by atoms with van der Waals surface area (Å²) in [5.41, 5.74) is 1.24. The highest BCUT2D eigenvalue weighted by atomic mass is 16.3. The normalized spacial score (nSPS) is 16.1. The summed E-state index contributed by atoms with van der Waals surface area (Å²) in [5.74, 6) is -0.161. The Morgan fingerprint density at radius 2 is 1.74 bits per heavy atom. The molecule has 1 aromatic carbocycles. The lowest BCUT2D eigenvalue weighted by molar-refractivity contribution is 0.0799. The second kappa shape index (κ2) is 8.39. The van der Waals surface area contributed by atoms with Gasteiger partial charge in [-0.25, -0.2) is 0 Å². The third-order valence-corrected chi connectivity index (χ3v) is 5.46. The Bertz CT molecular complexity index is 760. The van der Waals surface area contributed by atoms with Gasteiger partial charge in [0.25, 0.3) is 11.8 Å². The van der Waals surface area contributed by atoms with Gasteiger partial charge in [-0.15, -0.1) is 0 Å². The monoisotopic (exact) mass is 369 g/mol. The minimum Gasteiger partial charge on any atom is -0.459 e. The molecule has 27 heavy (non-hydrogen) atoms. The van der Waals surface area contributed by atoms with Gasteiger partial charge >= 0.3 is 0 Å². The molecule has 0 spiro atoms. The van der Waals surface area contributed by atoms with Gasteiger partial charge in [0.15, 0.2) is 5.76 Å². The molecule has 0 unspecified atom stereocenters. The second-order valence-corrected chi connectivity index (χ2v) is 7.37. The average Bonchev–Trinajstić information content (AvgIpc) is 3.22. The number of nitrogens with zero attached hydrogens (tertiary/aromatic N) is 1. The summed E-state index contributed by atoms with van der Waals surface area (Å²) in [5, 5.41) is 5.83. The fourth-order valence-corrected chi connectivity index (χ4v) is 3.64. The van der Waals surface area contributed by atoms with E-state index in [2.05, 4.69) is 29.6 Å². The molecule has 1 aliphatic rings. The van der Waals surface area contributed by atoms with Crippen LogP contribution >= 0.6 is 0 Å². The van der Waals surface area contributed by atoms with Crippen molar-refractivity contribution in [1.29, 1.82) is 0 Å². The molecule has 2 amide bonds. The summed E-state index contributed by atoms with van der Waals surface area (Å²) in [7, 11) is 4.18. The van der Waals surface area contributed by atoms with Crippen LogP contribution in [0.2, 0.25) is 0 Å². The third-order valence-electron chi connectivity index (χ3n) is 5.46. The zero-order chi connectivity index (χ0) is 19.3. The SMILES string of the molecule is CN(C)C1(CNC(=O)c2ccc(NC(=O)c3ccco3)cc2)CCCCC1. The fourth-order valence-electron chi connectivity index (χ4n) is 3.64. The van der Waals surface area contributed by atoms with E-state index in [-0.39, 0.29) is 23.1 Å². The highest BCUT2D eigenvalue weighted by Gasteiger charge is 2.34. The van der Waals surface area contributed by atoms with Crippen LogP contribution in [0.15, 0.2) is 47.1 Å². The van der Waals surface area contributed by atoms with Crippen LogP contribution < -0.4 is 10.6 Å². The number of rotatable bonds is 6. The molecule has 0 atom stereocenters. The molecule has 144 valence electrons. The van der Waals surface area contributed by atoms with E-state index >= 15 is 0 Å². The first-order valence-corrected chi connectivity index (χ1v) is 9.41. The molecule has 2 N–H and O–H groups in total. The van der Waals surface area contributed by atoms with Crippen LogP contribution in [0.5, 0.6) is 0 Å². The van der Waals surface area contributed by atoms with Crippen LogP contribution in [0.1, 0.15) is 53.0 Å². The molecule has 0 radical (unpaired) electrons. The molecule has 1 aliphatic carbocycles. The van der Waals surface area contributed by atoms with Gasteiger partial charge in [-0.3, -0.25) is 9.59 Å². The maximum absolute atomic E-state index is 12.5. The van der Waals surface area contributed by atoms with Crippen molar-refractivity contribution in [3.63, 3.8) is 0 Å². The van der Waals surface area contributed by atoms with Gasteiger partial charge in [0.1, 0.15) is 0 Å². The van der Waals surface area contributed by atoms with Crippen molar-refractivity contribution in [3.05, 3.63) is 54.0 Å². The smallest absolute Gasteiger partial charge is 0.291 e. The summed E-state index contributed by atoms with van der Waals surface area (Å²) < 4.78 is 5.07. The number of carbonyl (C=O) groups is 2. The van der Waals surface area contributed by atoms with E-state index < -0.39 is 0 Å². The molecule has 6 nitrogen and oxygen atoms in total. The van der Waals surface area contributed by atoms with Gasteiger partial charge in [-0.05, 0) is 63.3 Å². The Kier molecular flexibility index (Phi) is 5.96. The molecular weight excluding hydrogens is 342 g/mol. The van der Waals surface area contributed by atoms with Gasteiger partial charge in [0.05, 0.1) is 6.26 Å². The number of carbonyl (C=O) groups excluding carboxylic acids is 2. The predicted octanol–water partition coefficient (Wildman–Crippen LogP) is 3.53. The summed E-state index contributed by atoms with van der Waals surface area (Å²) in [6.45, 7) is 0.649. The van der Waals surface area contributed by atoms with Crippen LogP contribution in [0.4, 0.5) is 5.69 Å². The predicted molar refractivity (Wildman–Crippen MR) is 105 cm³/mol. The van der Waals surface area contributed by atoms with Crippen molar-refractivity contribution < 1.29 is 14.0 Å². The minimum absolute atomic E-state index is 0.0465. The highest BCUT2D eigenvalue weighted by molar-refractivity contribution is 6.02. The lowest BCUT2D eigenvalue weighted by atomic mass is 9.80. The number of nitrogens with one attached hydrogen (secondary N) is 2. The number of hydrogen-bond acceptors (Lipinski definition) is 4. The quantitative estimate of drug-likeness (QED) is 0.817. The topological polar surface area (TPSA) is 74.6 Å². The Morgan fingerprint density at radius 3 is 2.33 bits per heavy atom. The molecule has 6 heteroatoms. The summed E-state index contributed by atoms with van der Waals surface area (Å²) in [6.07, 6.45) is 7.36. The van der Waals surface area contributed by atoms with Crippen molar-refractivity contribution in [2.75, 3.05) is 26.0 Å². The standard InChI is InChI=1S/C21H27N3O3/c1-24(2)21(12-4-3-5-13-21)15-22-19(25)16-8-10-17(11-9-16)23-20(26)18-7-6-14-27-18/h6-11,14H,3-5,12-13,15H2,1-2H3,(H,22,25)(H,23,26). The van der Waals surface area contributed by atoms with Crippen molar-refractivity contribution in [1.82, 2.24) is 10.2 Å². The first kappa shape index (κ1) is 19.2. The van der Waals surface area contributed by atoms with E-state index in [4.69, 9.17) is 4.42 Å². The third kappa shape index (κ3) is 4.57. The van der Waals surface area contributed by atoms with Gasteiger partial charge in [-0.1, -0.05) is 19.3 Å². The lowest BCUT2D eigenvalue weighted by Gasteiger charge is -2.43. The minimum atomic E-state index is -0.317. The summed E-state index contributed by atoms with van der Waals surface area (Å²) in [4.78, 5) is 26.8. The molecule has 1 saturated carbocycles. The van der Waals surface area contributed by atoms with Crippen LogP contribution in [0.25, 0.3) is 0 Å². The zero-order valence-corrected chi connectivity index (χ0v) is 16.0.